The van der Waals surface area contributed by atoms with E-state index in [9.17, 15) is 0 Å². The molecule has 6 heteroatoms. The Kier molecular flexibility index (Phi) is 3.27. The average molecular weight is 195 g/mol. The van der Waals surface area contributed by atoms with Crippen LogP contribution in [0.5, 0.6) is 0 Å². The molecule has 0 radical (unpaired) electrons. The molecule has 0 spiro atoms. The van der Waals surface area contributed by atoms with E-state index < -0.39 is 0 Å². The molecular formula is C7H9N5S. The fourth-order valence-electron chi connectivity index (χ4n) is 0.701. The van der Waals surface area contributed by atoms with Crippen molar-refractivity contribution in [3.8, 4) is 0 Å². The van der Waals surface area contributed by atoms with Crippen LogP contribution >= 0.6 is 12.2 Å². The van der Waals surface area contributed by atoms with Crippen molar-refractivity contribution in [2.75, 3.05) is 0 Å². The predicted octanol–water partition coefficient (Wildman–Crippen LogP) is 0.0338. The van der Waals surface area contributed by atoms with Gasteiger partial charge in [-0.2, -0.15) is 5.10 Å². The molecule has 13 heavy (non-hydrogen) atoms. The standard InChI is InChI=1S/C7H9N5S/c1-5(11-12-7(8)13)6-2-3-9-4-10-6/h2-4H,1H3,(H3,8,12,13)/b11-5+. The summed E-state index contributed by atoms with van der Waals surface area (Å²) >= 11 is 4.59. The Balaban J connectivity index is 2.73. The molecule has 0 fully saturated rings. The number of nitrogens with two attached hydrogens (primary N) is 1. The van der Waals surface area contributed by atoms with Crippen molar-refractivity contribution in [3.63, 3.8) is 0 Å². The van der Waals surface area contributed by atoms with Crippen LogP contribution in [0.1, 0.15) is 12.6 Å². The molecule has 0 aliphatic rings. The number of thiocarbonyl (C=S) groups is 1. The van der Waals surface area contributed by atoms with Gasteiger partial charge in [0.25, 0.3) is 0 Å². The Morgan fingerprint density at radius 1 is 1.69 bits per heavy atom. The third-order valence-corrected chi connectivity index (χ3v) is 1.38. The zero-order valence-electron chi connectivity index (χ0n) is 7.06. The SMILES string of the molecule is C/C(=N\NC(N)=S)c1ccncn1. The van der Waals surface area contributed by atoms with Crippen molar-refractivity contribution in [1.82, 2.24) is 15.4 Å². The van der Waals surface area contributed by atoms with Gasteiger partial charge in [-0.05, 0) is 25.2 Å². The van der Waals surface area contributed by atoms with Crippen LogP contribution in [-0.4, -0.2) is 20.8 Å². The minimum absolute atomic E-state index is 0.133. The summed E-state index contributed by atoms with van der Waals surface area (Å²) in [7, 11) is 0. The Morgan fingerprint density at radius 3 is 3.00 bits per heavy atom. The van der Waals surface area contributed by atoms with E-state index in [1.165, 1.54) is 6.33 Å². The van der Waals surface area contributed by atoms with Gasteiger partial charge in [0.15, 0.2) is 5.11 Å². The lowest BCUT2D eigenvalue weighted by molar-refractivity contribution is 1.02. The van der Waals surface area contributed by atoms with Gasteiger partial charge in [0.05, 0.1) is 11.4 Å². The maximum atomic E-state index is 5.20. The van der Waals surface area contributed by atoms with Gasteiger partial charge in [-0.1, -0.05) is 0 Å². The van der Waals surface area contributed by atoms with Crippen molar-refractivity contribution < 1.29 is 0 Å². The molecule has 0 unspecified atom stereocenters. The molecule has 1 rings (SSSR count). The van der Waals surface area contributed by atoms with Gasteiger partial charge in [-0.25, -0.2) is 9.97 Å². The molecule has 0 amide bonds. The van der Waals surface area contributed by atoms with Gasteiger partial charge in [-0.15, -0.1) is 0 Å². The van der Waals surface area contributed by atoms with Crippen molar-refractivity contribution in [3.05, 3.63) is 24.3 Å². The van der Waals surface area contributed by atoms with Gasteiger partial charge in [0, 0.05) is 6.20 Å². The quantitative estimate of drug-likeness (QED) is 0.395. The Morgan fingerprint density at radius 2 is 2.46 bits per heavy atom. The maximum Gasteiger partial charge on any atom is 0.184 e. The topological polar surface area (TPSA) is 76.2 Å². The van der Waals surface area contributed by atoms with E-state index in [1.807, 2.05) is 0 Å². The first kappa shape index (κ1) is 9.53. The van der Waals surface area contributed by atoms with E-state index in [-0.39, 0.29) is 5.11 Å². The third-order valence-electron chi connectivity index (χ3n) is 1.29. The summed E-state index contributed by atoms with van der Waals surface area (Å²) in [5.41, 5.74) is 9.12. The number of nitrogens with zero attached hydrogens (tertiary/aromatic N) is 3. The molecule has 0 bridgehead atoms. The largest absolute Gasteiger partial charge is 0.375 e. The fourth-order valence-corrected chi connectivity index (χ4v) is 0.747. The Labute approximate surface area is 81.1 Å². The molecule has 0 aliphatic heterocycles. The minimum Gasteiger partial charge on any atom is -0.375 e. The van der Waals surface area contributed by atoms with Gasteiger partial charge in [0.2, 0.25) is 0 Å². The number of aromatic nitrogens is 2. The predicted molar refractivity (Wildman–Crippen MR) is 54.2 cm³/mol. The molecule has 3 N–H and O–H groups in total. The number of hydrazone groups is 1. The molecule has 1 heterocycles. The average Bonchev–Trinajstić information content (AvgIpc) is 2.15. The summed E-state index contributed by atoms with van der Waals surface area (Å²) in [6.45, 7) is 1.80. The molecule has 0 aromatic carbocycles. The van der Waals surface area contributed by atoms with Crippen molar-refractivity contribution in [1.29, 1.82) is 0 Å². The van der Waals surface area contributed by atoms with Crippen LogP contribution < -0.4 is 11.2 Å². The first-order valence-electron chi connectivity index (χ1n) is 3.56. The van der Waals surface area contributed by atoms with Crippen LogP contribution in [0.4, 0.5) is 0 Å². The number of nitrogens with one attached hydrogen (secondary N) is 1. The van der Waals surface area contributed by atoms with Crippen LogP contribution in [0.2, 0.25) is 0 Å². The molecular weight excluding hydrogens is 186 g/mol. The lowest BCUT2D eigenvalue weighted by Gasteiger charge is -1.99. The van der Waals surface area contributed by atoms with Crippen LogP contribution in [0.25, 0.3) is 0 Å². The molecule has 0 saturated heterocycles. The summed E-state index contributed by atoms with van der Waals surface area (Å²) in [6.07, 6.45) is 3.09. The van der Waals surface area contributed by atoms with E-state index in [0.717, 1.165) is 5.69 Å². The minimum atomic E-state index is 0.133. The number of hydrogen-bond donors (Lipinski definition) is 2. The molecule has 0 atom stereocenters. The monoisotopic (exact) mass is 195 g/mol. The van der Waals surface area contributed by atoms with Crippen LogP contribution in [0, 0.1) is 0 Å². The summed E-state index contributed by atoms with van der Waals surface area (Å²) in [5.74, 6) is 0. The highest BCUT2D eigenvalue weighted by atomic mass is 32.1. The summed E-state index contributed by atoms with van der Waals surface area (Å²) in [6, 6.07) is 1.75. The second kappa shape index (κ2) is 4.46. The molecule has 5 nitrogen and oxygen atoms in total. The van der Waals surface area contributed by atoms with E-state index >= 15 is 0 Å². The summed E-state index contributed by atoms with van der Waals surface area (Å²) < 4.78 is 0. The fraction of sp³-hybridized carbons (Fsp3) is 0.143. The van der Waals surface area contributed by atoms with Gasteiger partial charge in [-0.3, -0.25) is 5.43 Å². The van der Waals surface area contributed by atoms with Crippen LogP contribution in [0.3, 0.4) is 0 Å². The van der Waals surface area contributed by atoms with E-state index in [1.54, 1.807) is 19.2 Å². The lowest BCUT2D eigenvalue weighted by atomic mass is 10.3. The first-order chi connectivity index (χ1) is 6.20. The van der Waals surface area contributed by atoms with E-state index in [0.29, 0.717) is 5.71 Å². The second-order valence-corrected chi connectivity index (χ2v) is 2.71. The lowest BCUT2D eigenvalue weighted by Crippen LogP contribution is -2.25. The van der Waals surface area contributed by atoms with Crippen LogP contribution in [0.15, 0.2) is 23.7 Å². The first-order valence-corrected chi connectivity index (χ1v) is 3.97. The molecule has 1 aromatic rings. The number of hydrogen-bond acceptors (Lipinski definition) is 4. The van der Waals surface area contributed by atoms with E-state index in [2.05, 4.69) is 32.7 Å². The Hall–Kier alpha value is -1.56. The van der Waals surface area contributed by atoms with Crippen molar-refractivity contribution in [2.24, 2.45) is 10.8 Å². The highest BCUT2D eigenvalue weighted by molar-refractivity contribution is 7.80. The second-order valence-electron chi connectivity index (χ2n) is 2.27. The van der Waals surface area contributed by atoms with Gasteiger partial charge >= 0.3 is 0 Å². The van der Waals surface area contributed by atoms with Gasteiger partial charge < -0.3 is 5.73 Å². The molecule has 68 valence electrons. The van der Waals surface area contributed by atoms with E-state index in [4.69, 9.17) is 5.73 Å². The third kappa shape index (κ3) is 3.12. The van der Waals surface area contributed by atoms with Crippen molar-refractivity contribution in [2.45, 2.75) is 6.92 Å². The Bertz CT molecular complexity index is 321. The normalized spacial score (nSPS) is 11.0. The summed E-state index contributed by atoms with van der Waals surface area (Å²) in [5, 5.41) is 4.04. The molecule has 0 saturated carbocycles. The molecule has 1 aromatic heterocycles. The van der Waals surface area contributed by atoms with Crippen LogP contribution in [-0.2, 0) is 0 Å². The maximum absolute atomic E-state index is 5.20. The summed E-state index contributed by atoms with van der Waals surface area (Å²) in [4.78, 5) is 7.78. The smallest absolute Gasteiger partial charge is 0.184 e. The highest BCUT2D eigenvalue weighted by Gasteiger charge is 1.96. The van der Waals surface area contributed by atoms with Crippen molar-refractivity contribution >= 4 is 23.0 Å². The highest BCUT2D eigenvalue weighted by Crippen LogP contribution is 1.92. The molecule has 0 aliphatic carbocycles. The van der Waals surface area contributed by atoms with Gasteiger partial charge in [0.1, 0.15) is 6.33 Å². The zero-order valence-corrected chi connectivity index (χ0v) is 7.88. The zero-order chi connectivity index (χ0) is 9.68. The number of rotatable bonds is 2.